The lowest BCUT2D eigenvalue weighted by atomic mass is 9.89. The molecule has 18 heavy (non-hydrogen) atoms. The molecule has 1 aliphatic heterocycles. The van der Waals surface area contributed by atoms with E-state index in [1.54, 1.807) is 13.8 Å². The van der Waals surface area contributed by atoms with Gasteiger partial charge in [-0.15, -0.1) is 0 Å². The molecule has 3 heteroatoms. The van der Waals surface area contributed by atoms with Crippen LogP contribution in [0.1, 0.15) is 32.3 Å². The van der Waals surface area contributed by atoms with Gasteiger partial charge in [0.15, 0.2) is 0 Å². The number of carboxylic acid groups (broad SMARTS) is 1. The largest absolute Gasteiger partial charge is 0.481 e. The first-order valence-corrected chi connectivity index (χ1v) is 6.57. The third-order valence-electron chi connectivity index (χ3n) is 3.79. The lowest BCUT2D eigenvalue weighted by Gasteiger charge is -2.33. The van der Waals surface area contributed by atoms with Gasteiger partial charge in [0.2, 0.25) is 0 Å². The predicted octanol–water partition coefficient (Wildman–Crippen LogP) is 2.94. The van der Waals surface area contributed by atoms with Gasteiger partial charge < -0.3 is 10.0 Å². The summed E-state index contributed by atoms with van der Waals surface area (Å²) in [6.45, 7) is 5.44. The summed E-state index contributed by atoms with van der Waals surface area (Å²) in [5.74, 6) is -0.715. The number of benzene rings is 1. The van der Waals surface area contributed by atoms with Gasteiger partial charge in [-0.2, -0.15) is 0 Å². The molecule has 0 aliphatic carbocycles. The van der Waals surface area contributed by atoms with Gasteiger partial charge >= 0.3 is 5.97 Å². The summed E-state index contributed by atoms with van der Waals surface area (Å²) < 4.78 is 0. The summed E-state index contributed by atoms with van der Waals surface area (Å²) in [5.41, 5.74) is 2.02. The van der Waals surface area contributed by atoms with Crippen LogP contribution in [-0.4, -0.2) is 24.2 Å². The molecule has 1 heterocycles. The van der Waals surface area contributed by atoms with E-state index in [9.17, 15) is 4.79 Å². The van der Waals surface area contributed by atoms with Crippen molar-refractivity contribution >= 4 is 11.7 Å². The second-order valence-electron chi connectivity index (χ2n) is 5.66. The number of aryl methyl sites for hydroxylation is 1. The maximum absolute atomic E-state index is 11.1. The Balaban J connectivity index is 2.06. The Labute approximate surface area is 108 Å². The van der Waals surface area contributed by atoms with E-state index in [-0.39, 0.29) is 0 Å². The van der Waals surface area contributed by atoms with Gasteiger partial charge in [0.25, 0.3) is 0 Å². The van der Waals surface area contributed by atoms with E-state index in [2.05, 4.69) is 29.2 Å². The lowest BCUT2D eigenvalue weighted by molar-refractivity contribution is -0.147. The number of fused-ring (bicyclic) bond motifs is 1. The highest BCUT2D eigenvalue weighted by Gasteiger charge is 2.28. The third kappa shape index (κ3) is 2.66. The van der Waals surface area contributed by atoms with Crippen LogP contribution in [0.2, 0.25) is 0 Å². The molecule has 0 unspecified atom stereocenters. The van der Waals surface area contributed by atoms with Crippen LogP contribution in [-0.2, 0) is 11.2 Å². The number of nitrogens with zero attached hydrogens (tertiary/aromatic N) is 1. The van der Waals surface area contributed by atoms with Gasteiger partial charge in [-0.3, -0.25) is 4.79 Å². The summed E-state index contributed by atoms with van der Waals surface area (Å²) in [6, 6.07) is 8.44. The Bertz CT molecular complexity index is 440. The number of aliphatic carboxylic acids is 1. The molecule has 0 amide bonds. The second-order valence-corrected chi connectivity index (χ2v) is 5.66. The molecule has 0 radical (unpaired) electrons. The molecule has 0 aromatic heterocycles. The number of carboxylic acids is 1. The molecule has 0 saturated carbocycles. The highest BCUT2D eigenvalue weighted by atomic mass is 16.4. The Morgan fingerprint density at radius 1 is 1.39 bits per heavy atom. The van der Waals surface area contributed by atoms with Gasteiger partial charge in [0.1, 0.15) is 0 Å². The van der Waals surface area contributed by atoms with Crippen LogP contribution in [0, 0.1) is 5.41 Å². The topological polar surface area (TPSA) is 40.5 Å². The van der Waals surface area contributed by atoms with Crippen LogP contribution in [0.5, 0.6) is 0 Å². The number of hydrogen-bond acceptors (Lipinski definition) is 2. The molecule has 0 atom stereocenters. The highest BCUT2D eigenvalue weighted by Crippen LogP contribution is 2.29. The van der Waals surface area contributed by atoms with Crippen molar-refractivity contribution in [2.24, 2.45) is 5.41 Å². The molecule has 3 nitrogen and oxygen atoms in total. The smallest absolute Gasteiger partial charge is 0.309 e. The molecule has 98 valence electrons. The van der Waals surface area contributed by atoms with E-state index >= 15 is 0 Å². The van der Waals surface area contributed by atoms with Crippen molar-refractivity contribution in [3.8, 4) is 0 Å². The van der Waals surface area contributed by atoms with Crippen molar-refractivity contribution in [2.75, 3.05) is 18.0 Å². The fraction of sp³-hybridized carbons (Fsp3) is 0.533. The number of anilines is 1. The Hall–Kier alpha value is -1.51. The molecule has 0 bridgehead atoms. The zero-order valence-electron chi connectivity index (χ0n) is 11.1. The van der Waals surface area contributed by atoms with Crippen LogP contribution in [0.25, 0.3) is 0 Å². The lowest BCUT2D eigenvalue weighted by Crippen LogP contribution is -2.35. The minimum atomic E-state index is -0.715. The maximum Gasteiger partial charge on any atom is 0.309 e. The fourth-order valence-electron chi connectivity index (χ4n) is 2.37. The quantitative estimate of drug-likeness (QED) is 0.889. The Kier molecular flexibility index (Phi) is 3.60. The summed E-state index contributed by atoms with van der Waals surface area (Å²) in [5, 5.41) is 9.15. The average Bonchev–Trinajstić information content (AvgIpc) is 2.36. The van der Waals surface area contributed by atoms with Gasteiger partial charge in [0, 0.05) is 18.8 Å². The van der Waals surface area contributed by atoms with Crippen LogP contribution < -0.4 is 4.90 Å². The minimum absolute atomic E-state index is 0.646. The summed E-state index contributed by atoms with van der Waals surface area (Å²) in [6.07, 6.45) is 2.97. The van der Waals surface area contributed by atoms with Crippen molar-refractivity contribution in [1.29, 1.82) is 0 Å². The van der Waals surface area contributed by atoms with Crippen LogP contribution >= 0.6 is 0 Å². The number of hydrogen-bond donors (Lipinski definition) is 1. The third-order valence-corrected chi connectivity index (χ3v) is 3.79. The van der Waals surface area contributed by atoms with E-state index in [1.165, 1.54) is 11.3 Å². The minimum Gasteiger partial charge on any atom is -0.481 e. The van der Waals surface area contributed by atoms with Crippen molar-refractivity contribution in [2.45, 2.75) is 33.1 Å². The summed E-state index contributed by atoms with van der Waals surface area (Å²) in [7, 11) is 0. The molecule has 2 rings (SSSR count). The average molecular weight is 247 g/mol. The van der Waals surface area contributed by atoms with Crippen molar-refractivity contribution in [3.63, 3.8) is 0 Å². The maximum atomic E-state index is 11.1. The monoisotopic (exact) mass is 247 g/mol. The number of carbonyl (C=O) groups is 1. The first-order chi connectivity index (χ1) is 8.50. The molecule has 1 N–H and O–H groups in total. The van der Waals surface area contributed by atoms with Gasteiger partial charge in [-0.1, -0.05) is 18.2 Å². The zero-order chi connectivity index (χ0) is 13.2. The van der Waals surface area contributed by atoms with Gasteiger partial charge in [0.05, 0.1) is 5.41 Å². The van der Waals surface area contributed by atoms with E-state index in [0.29, 0.717) is 6.42 Å². The molecule has 0 spiro atoms. The zero-order valence-corrected chi connectivity index (χ0v) is 11.1. The molecule has 1 aromatic rings. The van der Waals surface area contributed by atoms with Crippen LogP contribution in [0.3, 0.4) is 0 Å². The first-order valence-electron chi connectivity index (χ1n) is 6.57. The van der Waals surface area contributed by atoms with Crippen molar-refractivity contribution < 1.29 is 9.90 Å². The number of para-hydroxylation sites is 1. The summed E-state index contributed by atoms with van der Waals surface area (Å²) >= 11 is 0. The molecule has 1 aromatic carbocycles. The standard InChI is InChI=1S/C15H21NO2/c1-15(2,14(17)18)9-11-16-10-5-7-12-6-3-4-8-13(12)16/h3-4,6,8H,5,7,9-11H2,1-2H3,(H,17,18). The fourth-order valence-corrected chi connectivity index (χ4v) is 2.37. The molecular weight excluding hydrogens is 226 g/mol. The Morgan fingerprint density at radius 2 is 2.11 bits per heavy atom. The van der Waals surface area contributed by atoms with Crippen LogP contribution in [0.15, 0.2) is 24.3 Å². The normalized spacial score (nSPS) is 15.3. The van der Waals surface area contributed by atoms with Gasteiger partial charge in [-0.25, -0.2) is 0 Å². The molecule has 0 fully saturated rings. The second kappa shape index (κ2) is 5.01. The van der Waals surface area contributed by atoms with E-state index < -0.39 is 11.4 Å². The molecule has 0 saturated heterocycles. The SMILES string of the molecule is CC(C)(CCN1CCCc2ccccc21)C(=O)O. The van der Waals surface area contributed by atoms with Crippen LogP contribution in [0.4, 0.5) is 5.69 Å². The Morgan fingerprint density at radius 3 is 2.83 bits per heavy atom. The highest BCUT2D eigenvalue weighted by molar-refractivity contribution is 5.73. The van der Waals surface area contributed by atoms with Crippen molar-refractivity contribution in [1.82, 2.24) is 0 Å². The molecule has 1 aliphatic rings. The van der Waals surface area contributed by atoms with E-state index in [1.807, 2.05) is 0 Å². The predicted molar refractivity (Wildman–Crippen MR) is 73.0 cm³/mol. The number of rotatable bonds is 4. The first kappa shape index (κ1) is 12.9. The van der Waals surface area contributed by atoms with Crippen molar-refractivity contribution in [3.05, 3.63) is 29.8 Å². The molecular formula is C15H21NO2. The summed E-state index contributed by atoms with van der Waals surface area (Å²) in [4.78, 5) is 13.4. The van der Waals surface area contributed by atoms with E-state index in [0.717, 1.165) is 25.9 Å². The van der Waals surface area contributed by atoms with Gasteiger partial charge in [-0.05, 0) is 44.7 Å². The van der Waals surface area contributed by atoms with E-state index in [4.69, 9.17) is 5.11 Å².